The Kier molecular flexibility index (Phi) is 4.08. The van der Waals surface area contributed by atoms with Crippen LogP contribution in [0.15, 0.2) is 28.7 Å². The normalized spacial score (nSPS) is 10.8. The van der Waals surface area contributed by atoms with Gasteiger partial charge >= 0.3 is 0 Å². The molecule has 2 rings (SSSR count). The molecule has 0 saturated heterocycles. The van der Waals surface area contributed by atoms with Crippen molar-refractivity contribution in [2.24, 2.45) is 5.10 Å². The van der Waals surface area contributed by atoms with Crippen molar-refractivity contribution < 1.29 is 4.92 Å². The van der Waals surface area contributed by atoms with Crippen LogP contribution in [0.1, 0.15) is 11.3 Å². The lowest BCUT2D eigenvalue weighted by atomic mass is 10.2. The molecule has 0 bridgehead atoms. The van der Waals surface area contributed by atoms with E-state index in [1.54, 1.807) is 6.07 Å². The molecule has 1 heterocycles. The Bertz CT molecular complexity index is 641. The number of anilines is 1. The summed E-state index contributed by atoms with van der Waals surface area (Å²) in [6.45, 7) is 1.88. The first kappa shape index (κ1) is 13.4. The van der Waals surface area contributed by atoms with E-state index in [-0.39, 0.29) is 10.7 Å². The van der Waals surface area contributed by atoms with Gasteiger partial charge < -0.3 is 0 Å². The summed E-state index contributed by atoms with van der Waals surface area (Å²) in [4.78, 5) is 14.4. The van der Waals surface area contributed by atoms with Crippen molar-refractivity contribution in [3.05, 3.63) is 50.0 Å². The van der Waals surface area contributed by atoms with Crippen molar-refractivity contribution in [1.82, 2.24) is 4.98 Å². The summed E-state index contributed by atoms with van der Waals surface area (Å²) in [6, 6.07) is 4.48. The van der Waals surface area contributed by atoms with Crippen LogP contribution in [0.5, 0.6) is 0 Å². The van der Waals surface area contributed by atoms with Crippen LogP contribution >= 0.6 is 22.9 Å². The van der Waals surface area contributed by atoms with E-state index in [0.29, 0.717) is 10.7 Å². The molecule has 0 atom stereocenters. The third-order valence-corrected chi connectivity index (χ3v) is 3.34. The predicted octanol–water partition coefficient (Wildman–Crippen LogP) is 3.46. The highest BCUT2D eigenvalue weighted by molar-refractivity contribution is 7.13. The topological polar surface area (TPSA) is 80.4 Å². The van der Waals surface area contributed by atoms with Gasteiger partial charge in [0.1, 0.15) is 5.02 Å². The number of rotatable bonds is 4. The van der Waals surface area contributed by atoms with E-state index in [1.165, 1.54) is 29.7 Å². The smallest absolute Gasteiger partial charge is 0.258 e. The maximum atomic E-state index is 10.7. The SMILES string of the molecule is Cc1csc(N/N=C/c2ccc(Cl)c([N+](=O)[O-])c2)n1. The van der Waals surface area contributed by atoms with Gasteiger partial charge in [-0.15, -0.1) is 11.3 Å². The Morgan fingerprint density at radius 2 is 2.37 bits per heavy atom. The highest BCUT2D eigenvalue weighted by Gasteiger charge is 2.11. The van der Waals surface area contributed by atoms with Crippen molar-refractivity contribution in [1.29, 1.82) is 0 Å². The number of benzene rings is 1. The van der Waals surface area contributed by atoms with Crippen LogP contribution in [0.25, 0.3) is 0 Å². The molecule has 8 heteroatoms. The molecule has 0 aliphatic carbocycles. The second kappa shape index (κ2) is 5.77. The number of hydrogen-bond donors (Lipinski definition) is 1. The summed E-state index contributed by atoms with van der Waals surface area (Å²) >= 11 is 7.14. The van der Waals surface area contributed by atoms with E-state index >= 15 is 0 Å². The van der Waals surface area contributed by atoms with Gasteiger partial charge in [-0.3, -0.25) is 15.5 Å². The largest absolute Gasteiger partial charge is 0.288 e. The number of hydrazone groups is 1. The molecular formula is C11H9ClN4O2S. The fourth-order valence-corrected chi connectivity index (χ4v) is 2.14. The van der Waals surface area contributed by atoms with Gasteiger partial charge in [-0.05, 0) is 13.0 Å². The molecule has 6 nitrogen and oxygen atoms in total. The van der Waals surface area contributed by atoms with Gasteiger partial charge in [0, 0.05) is 17.0 Å². The summed E-state index contributed by atoms with van der Waals surface area (Å²) in [5.74, 6) is 0. The van der Waals surface area contributed by atoms with Crippen molar-refractivity contribution >= 4 is 40.0 Å². The second-order valence-electron chi connectivity index (χ2n) is 3.63. The monoisotopic (exact) mass is 296 g/mol. The van der Waals surface area contributed by atoms with Gasteiger partial charge in [0.05, 0.1) is 16.8 Å². The first-order valence-electron chi connectivity index (χ1n) is 5.21. The van der Waals surface area contributed by atoms with Gasteiger partial charge in [-0.2, -0.15) is 5.10 Å². The third-order valence-electron chi connectivity index (χ3n) is 2.16. The minimum absolute atomic E-state index is 0.102. The Balaban J connectivity index is 2.10. The molecule has 98 valence electrons. The molecule has 1 aromatic carbocycles. The second-order valence-corrected chi connectivity index (χ2v) is 4.90. The Labute approximate surface area is 117 Å². The van der Waals surface area contributed by atoms with Gasteiger partial charge in [0.25, 0.3) is 5.69 Å². The number of halogens is 1. The van der Waals surface area contributed by atoms with Crippen molar-refractivity contribution in [3.8, 4) is 0 Å². The summed E-state index contributed by atoms with van der Waals surface area (Å²) in [6.07, 6.45) is 1.47. The summed E-state index contributed by atoms with van der Waals surface area (Å²) in [5, 5.41) is 17.3. The number of nitro groups is 1. The molecule has 19 heavy (non-hydrogen) atoms. The Morgan fingerprint density at radius 3 is 3.00 bits per heavy atom. The van der Waals surface area contributed by atoms with Crippen molar-refractivity contribution in [2.45, 2.75) is 6.92 Å². The molecule has 0 aliphatic heterocycles. The minimum atomic E-state index is -0.530. The van der Waals surface area contributed by atoms with Crippen LogP contribution in [0.2, 0.25) is 5.02 Å². The van der Waals surface area contributed by atoms with Crippen LogP contribution in [-0.4, -0.2) is 16.1 Å². The fraction of sp³-hybridized carbons (Fsp3) is 0.0909. The molecule has 0 saturated carbocycles. The first-order chi connectivity index (χ1) is 9.06. The molecular weight excluding hydrogens is 288 g/mol. The molecule has 0 unspecified atom stereocenters. The van der Waals surface area contributed by atoms with Crippen LogP contribution in [0.3, 0.4) is 0 Å². The molecule has 0 spiro atoms. The summed E-state index contributed by atoms with van der Waals surface area (Å²) < 4.78 is 0. The van der Waals surface area contributed by atoms with E-state index in [9.17, 15) is 10.1 Å². The van der Waals surface area contributed by atoms with E-state index in [1.807, 2.05) is 12.3 Å². The number of aryl methyl sites for hydroxylation is 1. The summed E-state index contributed by atoms with van der Waals surface area (Å²) in [5.41, 5.74) is 4.10. The fourth-order valence-electron chi connectivity index (χ4n) is 1.32. The maximum Gasteiger partial charge on any atom is 0.288 e. The average molecular weight is 297 g/mol. The highest BCUT2D eigenvalue weighted by atomic mass is 35.5. The number of hydrogen-bond acceptors (Lipinski definition) is 6. The van der Waals surface area contributed by atoms with E-state index in [2.05, 4.69) is 15.5 Å². The predicted molar refractivity (Wildman–Crippen MR) is 76.2 cm³/mol. The standard InChI is InChI=1S/C11H9ClN4O2S/c1-7-6-19-11(14-7)15-13-5-8-2-3-9(12)10(4-8)16(17)18/h2-6H,1H3,(H,14,15)/b13-5+. The number of nitrogens with one attached hydrogen (secondary N) is 1. The molecule has 0 amide bonds. The number of aromatic nitrogens is 1. The average Bonchev–Trinajstić information content (AvgIpc) is 2.77. The lowest BCUT2D eigenvalue weighted by Crippen LogP contribution is -1.93. The zero-order valence-corrected chi connectivity index (χ0v) is 11.4. The minimum Gasteiger partial charge on any atom is -0.258 e. The lowest BCUT2D eigenvalue weighted by Gasteiger charge is -1.97. The first-order valence-corrected chi connectivity index (χ1v) is 6.47. The summed E-state index contributed by atoms with van der Waals surface area (Å²) in [7, 11) is 0. The van der Waals surface area contributed by atoms with Crippen molar-refractivity contribution in [2.75, 3.05) is 5.43 Å². The zero-order valence-electron chi connectivity index (χ0n) is 9.83. The van der Waals surface area contributed by atoms with Gasteiger partial charge in [-0.25, -0.2) is 4.98 Å². The van der Waals surface area contributed by atoms with E-state index in [4.69, 9.17) is 11.6 Å². The molecule has 1 N–H and O–H groups in total. The third kappa shape index (κ3) is 3.49. The number of thiazole rings is 1. The molecule has 0 fully saturated rings. The molecule has 0 aliphatic rings. The van der Waals surface area contributed by atoms with Crippen LogP contribution < -0.4 is 5.43 Å². The number of nitro benzene ring substituents is 1. The van der Waals surface area contributed by atoms with Gasteiger partial charge in [0.2, 0.25) is 5.13 Å². The molecule has 1 aromatic heterocycles. The van der Waals surface area contributed by atoms with Crippen LogP contribution in [-0.2, 0) is 0 Å². The Hall–Kier alpha value is -1.99. The number of nitrogens with zero attached hydrogens (tertiary/aromatic N) is 3. The lowest BCUT2D eigenvalue weighted by molar-refractivity contribution is -0.384. The highest BCUT2D eigenvalue weighted by Crippen LogP contribution is 2.24. The maximum absolute atomic E-state index is 10.7. The van der Waals surface area contributed by atoms with E-state index in [0.717, 1.165) is 5.69 Å². The van der Waals surface area contributed by atoms with Crippen molar-refractivity contribution in [3.63, 3.8) is 0 Å². The van der Waals surface area contributed by atoms with E-state index < -0.39 is 4.92 Å². The molecule has 2 aromatic rings. The molecule has 0 radical (unpaired) electrons. The van der Waals surface area contributed by atoms with Gasteiger partial charge in [-0.1, -0.05) is 17.7 Å². The Morgan fingerprint density at radius 1 is 1.58 bits per heavy atom. The van der Waals surface area contributed by atoms with Crippen LogP contribution in [0.4, 0.5) is 10.8 Å². The van der Waals surface area contributed by atoms with Gasteiger partial charge in [0.15, 0.2) is 0 Å². The van der Waals surface area contributed by atoms with Crippen LogP contribution in [0, 0.1) is 17.0 Å². The zero-order chi connectivity index (χ0) is 13.8. The quantitative estimate of drug-likeness (QED) is 0.532.